The number of amides is 2. The lowest BCUT2D eigenvalue weighted by Gasteiger charge is -2.34. The second-order valence-electron chi connectivity index (χ2n) is 5.58. The fraction of sp³-hybridized carbons (Fsp3) is 0.846. The van der Waals surface area contributed by atoms with E-state index in [2.05, 4.69) is 5.32 Å². The van der Waals surface area contributed by atoms with Gasteiger partial charge in [0.1, 0.15) is 6.61 Å². The Morgan fingerprint density at radius 3 is 2.42 bits per heavy atom. The Kier molecular flexibility index (Phi) is 6.07. The molecule has 0 aromatic rings. The maximum atomic E-state index is 12.0. The molecule has 110 valence electrons. The molecule has 1 aliphatic rings. The number of methoxy groups -OCH3 is 1. The van der Waals surface area contributed by atoms with Gasteiger partial charge in [-0.05, 0) is 26.7 Å². The van der Waals surface area contributed by atoms with Gasteiger partial charge in [0, 0.05) is 32.1 Å². The summed E-state index contributed by atoms with van der Waals surface area (Å²) in [5.74, 6) is 0.279. The molecule has 1 N–H and O–H groups in total. The van der Waals surface area contributed by atoms with Crippen LogP contribution in [0.25, 0.3) is 0 Å². The van der Waals surface area contributed by atoms with Gasteiger partial charge in [0.15, 0.2) is 0 Å². The molecule has 0 bridgehead atoms. The molecular weight excluding hydrogens is 268 g/mol. The van der Waals surface area contributed by atoms with Gasteiger partial charge in [0.2, 0.25) is 11.8 Å². The van der Waals surface area contributed by atoms with Gasteiger partial charge in [-0.3, -0.25) is 9.59 Å². The molecule has 0 aromatic heterocycles. The third kappa shape index (κ3) is 4.66. The number of rotatable bonds is 5. The van der Waals surface area contributed by atoms with Crippen molar-refractivity contribution >= 4 is 23.4 Å². The normalized spacial score (nSPS) is 17.4. The van der Waals surface area contributed by atoms with Crippen LogP contribution >= 0.6 is 11.6 Å². The first kappa shape index (κ1) is 16.2. The van der Waals surface area contributed by atoms with Crippen molar-refractivity contribution in [1.29, 1.82) is 0 Å². The van der Waals surface area contributed by atoms with Crippen LogP contribution in [0.2, 0.25) is 0 Å². The number of halogens is 1. The van der Waals surface area contributed by atoms with E-state index in [0.717, 1.165) is 12.8 Å². The molecule has 19 heavy (non-hydrogen) atoms. The van der Waals surface area contributed by atoms with E-state index in [0.29, 0.717) is 19.0 Å². The summed E-state index contributed by atoms with van der Waals surface area (Å²) in [5.41, 5.74) is -0.551. The largest absolute Gasteiger partial charge is 0.375 e. The molecule has 0 aliphatic carbocycles. The summed E-state index contributed by atoms with van der Waals surface area (Å²) in [7, 11) is 1.51. The van der Waals surface area contributed by atoms with Gasteiger partial charge < -0.3 is 15.0 Å². The monoisotopic (exact) mass is 290 g/mol. The number of likely N-dealkylation sites (tertiary alicyclic amines) is 1. The molecule has 1 fully saturated rings. The third-order valence-corrected chi connectivity index (χ3v) is 4.07. The number of carbonyl (C=O) groups excluding carboxylic acids is 2. The highest BCUT2D eigenvalue weighted by atomic mass is 35.5. The Bertz CT molecular complexity index is 326. The second kappa shape index (κ2) is 7.10. The van der Waals surface area contributed by atoms with E-state index < -0.39 is 5.41 Å². The third-order valence-electron chi connectivity index (χ3n) is 3.40. The average molecular weight is 291 g/mol. The first-order chi connectivity index (χ1) is 8.90. The Labute approximate surface area is 119 Å². The molecule has 6 heteroatoms. The number of alkyl halides is 1. The number of hydrogen-bond acceptors (Lipinski definition) is 3. The summed E-state index contributed by atoms with van der Waals surface area (Å²) in [6.07, 6.45) is 1.55. The SMILES string of the molecule is COCC(=O)N1CCC(NC(=O)C(C)(C)CCl)CC1. The average Bonchev–Trinajstić information content (AvgIpc) is 2.39. The molecular formula is C13H23ClN2O3. The summed E-state index contributed by atoms with van der Waals surface area (Å²) in [5, 5.41) is 3.01. The first-order valence-corrected chi connectivity index (χ1v) is 7.08. The van der Waals surface area contributed by atoms with Crippen LogP contribution in [0.1, 0.15) is 26.7 Å². The zero-order chi connectivity index (χ0) is 14.5. The summed E-state index contributed by atoms with van der Waals surface area (Å²) >= 11 is 5.78. The van der Waals surface area contributed by atoms with Gasteiger partial charge in [0.25, 0.3) is 0 Å². The molecule has 0 atom stereocenters. The van der Waals surface area contributed by atoms with Gasteiger partial charge in [-0.15, -0.1) is 11.6 Å². The lowest BCUT2D eigenvalue weighted by atomic mass is 9.93. The minimum absolute atomic E-state index is 0.00774. The number of nitrogens with zero attached hydrogens (tertiary/aromatic N) is 1. The van der Waals surface area contributed by atoms with Gasteiger partial charge in [-0.25, -0.2) is 0 Å². The number of nitrogens with one attached hydrogen (secondary N) is 1. The number of piperidine rings is 1. The topological polar surface area (TPSA) is 58.6 Å². The maximum absolute atomic E-state index is 12.0. The van der Waals surface area contributed by atoms with E-state index in [1.165, 1.54) is 7.11 Å². The van der Waals surface area contributed by atoms with E-state index in [-0.39, 0.29) is 24.5 Å². The zero-order valence-electron chi connectivity index (χ0n) is 11.9. The standard InChI is InChI=1S/C13H23ClN2O3/c1-13(2,9-14)12(18)15-10-4-6-16(7-5-10)11(17)8-19-3/h10H,4-9H2,1-3H3,(H,15,18). The van der Waals surface area contributed by atoms with E-state index in [4.69, 9.17) is 16.3 Å². The van der Waals surface area contributed by atoms with Crippen LogP contribution in [0, 0.1) is 5.41 Å². The Morgan fingerprint density at radius 1 is 1.37 bits per heavy atom. The summed E-state index contributed by atoms with van der Waals surface area (Å²) in [6.45, 7) is 5.10. The lowest BCUT2D eigenvalue weighted by Crippen LogP contribution is -2.50. The minimum Gasteiger partial charge on any atom is -0.375 e. The van der Waals surface area contributed by atoms with Crippen molar-refractivity contribution in [3.63, 3.8) is 0 Å². The second-order valence-corrected chi connectivity index (χ2v) is 5.85. The van der Waals surface area contributed by atoms with Crippen LogP contribution in [0.15, 0.2) is 0 Å². The van der Waals surface area contributed by atoms with Gasteiger partial charge in [-0.1, -0.05) is 0 Å². The zero-order valence-corrected chi connectivity index (χ0v) is 12.6. The van der Waals surface area contributed by atoms with Crippen LogP contribution in [0.3, 0.4) is 0 Å². The van der Waals surface area contributed by atoms with Crippen molar-refractivity contribution in [3.8, 4) is 0 Å². The highest BCUT2D eigenvalue weighted by molar-refractivity contribution is 6.19. The Morgan fingerprint density at radius 2 is 1.95 bits per heavy atom. The number of carbonyl (C=O) groups is 2. The predicted octanol–water partition coefficient (Wildman–Crippen LogP) is 1.01. The Hall–Kier alpha value is -0.810. The quantitative estimate of drug-likeness (QED) is 0.769. The summed E-state index contributed by atoms with van der Waals surface area (Å²) in [4.78, 5) is 25.4. The fourth-order valence-electron chi connectivity index (χ4n) is 1.93. The van der Waals surface area contributed by atoms with Crippen molar-refractivity contribution in [2.24, 2.45) is 5.41 Å². The molecule has 1 heterocycles. The van der Waals surface area contributed by atoms with E-state index in [9.17, 15) is 9.59 Å². The van der Waals surface area contributed by atoms with Crippen molar-refractivity contribution in [2.75, 3.05) is 32.7 Å². The molecule has 1 rings (SSSR count). The molecule has 0 saturated carbocycles. The van der Waals surface area contributed by atoms with E-state index in [1.54, 1.807) is 4.90 Å². The molecule has 0 radical (unpaired) electrons. The Balaban J connectivity index is 2.38. The van der Waals surface area contributed by atoms with Crippen LogP contribution in [-0.4, -0.2) is 55.4 Å². The molecule has 0 aromatic carbocycles. The minimum atomic E-state index is -0.551. The van der Waals surface area contributed by atoms with Crippen molar-refractivity contribution in [3.05, 3.63) is 0 Å². The maximum Gasteiger partial charge on any atom is 0.248 e. The van der Waals surface area contributed by atoms with Crippen LogP contribution < -0.4 is 5.32 Å². The summed E-state index contributed by atoms with van der Waals surface area (Å²) < 4.78 is 4.83. The predicted molar refractivity (Wildman–Crippen MR) is 74.1 cm³/mol. The molecule has 1 aliphatic heterocycles. The lowest BCUT2D eigenvalue weighted by molar-refractivity contribution is -0.136. The van der Waals surface area contributed by atoms with Crippen LogP contribution in [0.5, 0.6) is 0 Å². The van der Waals surface area contributed by atoms with E-state index >= 15 is 0 Å². The summed E-state index contributed by atoms with van der Waals surface area (Å²) in [6, 6.07) is 0.126. The van der Waals surface area contributed by atoms with Crippen LogP contribution in [-0.2, 0) is 14.3 Å². The van der Waals surface area contributed by atoms with Crippen molar-refractivity contribution in [2.45, 2.75) is 32.7 Å². The highest BCUT2D eigenvalue weighted by Gasteiger charge is 2.30. The highest BCUT2D eigenvalue weighted by Crippen LogP contribution is 2.19. The van der Waals surface area contributed by atoms with Crippen LogP contribution in [0.4, 0.5) is 0 Å². The fourth-order valence-corrected chi connectivity index (χ4v) is 2.05. The van der Waals surface area contributed by atoms with E-state index in [1.807, 2.05) is 13.8 Å². The smallest absolute Gasteiger partial charge is 0.248 e. The number of ether oxygens (including phenoxy) is 1. The van der Waals surface area contributed by atoms with Gasteiger partial charge in [-0.2, -0.15) is 0 Å². The number of hydrogen-bond donors (Lipinski definition) is 1. The van der Waals surface area contributed by atoms with Crippen molar-refractivity contribution in [1.82, 2.24) is 10.2 Å². The van der Waals surface area contributed by atoms with Crippen molar-refractivity contribution < 1.29 is 14.3 Å². The van der Waals surface area contributed by atoms with Gasteiger partial charge >= 0.3 is 0 Å². The molecule has 0 unspecified atom stereocenters. The first-order valence-electron chi connectivity index (χ1n) is 6.54. The molecule has 1 saturated heterocycles. The van der Waals surface area contributed by atoms with Gasteiger partial charge in [0.05, 0.1) is 5.41 Å². The molecule has 0 spiro atoms. The molecule has 5 nitrogen and oxygen atoms in total. The molecule has 2 amide bonds.